The molecule has 1 aromatic heterocycles. The summed E-state index contributed by atoms with van der Waals surface area (Å²) in [5.41, 5.74) is 1.46. The minimum absolute atomic E-state index is 0.0951. The SMILES string of the molecule is COc1ccc(OC)c(CN(CCO)C(=O)c2ccsc2)c1. The molecule has 0 aliphatic carbocycles. The van der Waals surface area contributed by atoms with Crippen molar-refractivity contribution in [2.24, 2.45) is 0 Å². The number of benzene rings is 1. The molecule has 0 saturated carbocycles. The van der Waals surface area contributed by atoms with E-state index in [0.717, 1.165) is 5.56 Å². The van der Waals surface area contributed by atoms with Crippen LogP contribution in [0.2, 0.25) is 0 Å². The highest BCUT2D eigenvalue weighted by molar-refractivity contribution is 7.08. The topological polar surface area (TPSA) is 59.0 Å². The van der Waals surface area contributed by atoms with Gasteiger partial charge in [0.15, 0.2) is 0 Å². The van der Waals surface area contributed by atoms with E-state index in [0.29, 0.717) is 23.6 Å². The van der Waals surface area contributed by atoms with Gasteiger partial charge in [-0.1, -0.05) is 0 Å². The van der Waals surface area contributed by atoms with Crippen molar-refractivity contribution < 1.29 is 19.4 Å². The molecule has 2 aromatic rings. The van der Waals surface area contributed by atoms with Crippen LogP contribution in [0.4, 0.5) is 0 Å². The fourth-order valence-electron chi connectivity index (χ4n) is 2.15. The van der Waals surface area contributed by atoms with E-state index in [9.17, 15) is 9.90 Å². The maximum Gasteiger partial charge on any atom is 0.255 e. The molecular weight excluding hydrogens is 302 g/mol. The van der Waals surface area contributed by atoms with Crippen LogP contribution in [0.3, 0.4) is 0 Å². The minimum atomic E-state index is -0.111. The molecule has 0 aliphatic heterocycles. The highest BCUT2D eigenvalue weighted by Gasteiger charge is 2.18. The molecular formula is C16H19NO4S. The van der Waals surface area contributed by atoms with Gasteiger partial charge in [-0.25, -0.2) is 0 Å². The fraction of sp³-hybridized carbons (Fsp3) is 0.312. The van der Waals surface area contributed by atoms with E-state index in [4.69, 9.17) is 9.47 Å². The van der Waals surface area contributed by atoms with Gasteiger partial charge < -0.3 is 19.5 Å². The van der Waals surface area contributed by atoms with Gasteiger partial charge >= 0.3 is 0 Å². The second kappa shape index (κ2) is 7.82. The average Bonchev–Trinajstić information content (AvgIpc) is 3.08. The van der Waals surface area contributed by atoms with Crippen LogP contribution in [-0.2, 0) is 6.54 Å². The third-order valence-electron chi connectivity index (χ3n) is 3.27. The van der Waals surface area contributed by atoms with Gasteiger partial charge in [-0.3, -0.25) is 4.79 Å². The maximum absolute atomic E-state index is 12.5. The molecule has 0 aliphatic rings. The summed E-state index contributed by atoms with van der Waals surface area (Å²) in [5, 5.41) is 12.9. The molecule has 0 saturated heterocycles. The van der Waals surface area contributed by atoms with Crippen molar-refractivity contribution in [1.82, 2.24) is 4.90 Å². The Morgan fingerprint density at radius 3 is 2.68 bits per heavy atom. The largest absolute Gasteiger partial charge is 0.497 e. The van der Waals surface area contributed by atoms with Crippen LogP contribution in [0.5, 0.6) is 11.5 Å². The predicted octanol–water partition coefficient (Wildman–Crippen LogP) is 2.40. The lowest BCUT2D eigenvalue weighted by Crippen LogP contribution is -2.33. The van der Waals surface area contributed by atoms with Crippen molar-refractivity contribution in [3.63, 3.8) is 0 Å². The minimum Gasteiger partial charge on any atom is -0.497 e. The number of amides is 1. The molecule has 118 valence electrons. The number of thiophene rings is 1. The first kappa shape index (κ1) is 16.3. The molecule has 5 nitrogen and oxygen atoms in total. The summed E-state index contributed by atoms with van der Waals surface area (Å²) in [6, 6.07) is 7.23. The van der Waals surface area contributed by atoms with Crippen LogP contribution < -0.4 is 9.47 Å². The van der Waals surface area contributed by atoms with E-state index in [1.54, 1.807) is 42.7 Å². The average molecular weight is 321 g/mol. The molecule has 22 heavy (non-hydrogen) atoms. The number of aliphatic hydroxyl groups is 1. The monoisotopic (exact) mass is 321 g/mol. The number of hydrogen-bond donors (Lipinski definition) is 1. The molecule has 0 spiro atoms. The van der Waals surface area contributed by atoms with Gasteiger partial charge in [-0.2, -0.15) is 11.3 Å². The number of carbonyl (C=O) groups excluding carboxylic acids is 1. The summed E-state index contributed by atoms with van der Waals surface area (Å²) in [4.78, 5) is 14.1. The molecule has 0 atom stereocenters. The molecule has 1 heterocycles. The summed E-state index contributed by atoms with van der Waals surface area (Å²) in [5.74, 6) is 1.27. The summed E-state index contributed by atoms with van der Waals surface area (Å²) in [6.07, 6.45) is 0. The van der Waals surface area contributed by atoms with Crippen molar-refractivity contribution in [3.05, 3.63) is 46.2 Å². The van der Waals surface area contributed by atoms with Gasteiger partial charge in [-0.15, -0.1) is 0 Å². The molecule has 0 radical (unpaired) electrons. The number of hydrogen-bond acceptors (Lipinski definition) is 5. The quantitative estimate of drug-likeness (QED) is 0.851. The molecule has 0 bridgehead atoms. The molecule has 1 amide bonds. The number of rotatable bonds is 7. The Kier molecular flexibility index (Phi) is 5.80. The van der Waals surface area contributed by atoms with Gasteiger partial charge in [0.2, 0.25) is 0 Å². The Morgan fingerprint density at radius 1 is 1.27 bits per heavy atom. The lowest BCUT2D eigenvalue weighted by atomic mass is 10.1. The summed E-state index contributed by atoms with van der Waals surface area (Å²) >= 11 is 1.47. The Bertz CT molecular complexity index is 613. The first-order chi connectivity index (χ1) is 10.7. The van der Waals surface area contributed by atoms with Gasteiger partial charge in [0.1, 0.15) is 11.5 Å². The van der Waals surface area contributed by atoms with E-state index in [2.05, 4.69) is 0 Å². The number of ether oxygens (including phenoxy) is 2. The van der Waals surface area contributed by atoms with Crippen molar-refractivity contribution in [3.8, 4) is 11.5 Å². The van der Waals surface area contributed by atoms with Crippen LogP contribution >= 0.6 is 11.3 Å². The zero-order valence-corrected chi connectivity index (χ0v) is 13.4. The van der Waals surface area contributed by atoms with E-state index in [-0.39, 0.29) is 19.1 Å². The highest BCUT2D eigenvalue weighted by Crippen LogP contribution is 2.26. The number of nitrogens with zero attached hydrogens (tertiary/aromatic N) is 1. The van der Waals surface area contributed by atoms with E-state index >= 15 is 0 Å². The Morgan fingerprint density at radius 2 is 2.09 bits per heavy atom. The summed E-state index contributed by atoms with van der Waals surface area (Å²) in [7, 11) is 3.18. The first-order valence-corrected chi connectivity index (χ1v) is 7.77. The van der Waals surface area contributed by atoms with E-state index in [1.165, 1.54) is 11.3 Å². The highest BCUT2D eigenvalue weighted by atomic mass is 32.1. The van der Waals surface area contributed by atoms with Crippen molar-refractivity contribution in [2.75, 3.05) is 27.4 Å². The van der Waals surface area contributed by atoms with Gasteiger partial charge in [0.05, 0.1) is 26.4 Å². The van der Waals surface area contributed by atoms with Gasteiger partial charge in [0.25, 0.3) is 5.91 Å². The van der Waals surface area contributed by atoms with Crippen molar-refractivity contribution in [1.29, 1.82) is 0 Å². The normalized spacial score (nSPS) is 10.3. The molecule has 6 heteroatoms. The smallest absolute Gasteiger partial charge is 0.255 e. The maximum atomic E-state index is 12.5. The Labute approximate surface area is 133 Å². The third-order valence-corrected chi connectivity index (χ3v) is 3.96. The standard InChI is InChI=1S/C16H19NO4S/c1-20-14-3-4-15(21-2)13(9-14)10-17(6-7-18)16(19)12-5-8-22-11-12/h3-5,8-9,11,18H,6-7,10H2,1-2H3. The zero-order valence-electron chi connectivity index (χ0n) is 12.6. The van der Waals surface area contributed by atoms with Gasteiger partial charge in [-0.05, 0) is 29.6 Å². The summed E-state index contributed by atoms with van der Waals surface area (Å²) < 4.78 is 10.6. The number of aliphatic hydroxyl groups excluding tert-OH is 1. The van der Waals surface area contributed by atoms with Crippen LogP contribution in [0.15, 0.2) is 35.0 Å². The molecule has 0 unspecified atom stereocenters. The fourth-order valence-corrected chi connectivity index (χ4v) is 2.78. The summed E-state index contributed by atoms with van der Waals surface area (Å²) in [6.45, 7) is 0.507. The van der Waals surface area contributed by atoms with Crippen molar-refractivity contribution in [2.45, 2.75) is 6.54 Å². The third kappa shape index (κ3) is 3.78. The van der Waals surface area contributed by atoms with Crippen LogP contribution in [0, 0.1) is 0 Å². The molecule has 1 N–H and O–H groups in total. The second-order valence-corrected chi connectivity index (χ2v) is 5.42. The Hall–Kier alpha value is -2.05. The molecule has 0 fully saturated rings. The van der Waals surface area contributed by atoms with Crippen LogP contribution in [0.1, 0.15) is 15.9 Å². The van der Waals surface area contributed by atoms with Crippen molar-refractivity contribution >= 4 is 17.2 Å². The zero-order chi connectivity index (χ0) is 15.9. The second-order valence-electron chi connectivity index (χ2n) is 4.64. The van der Waals surface area contributed by atoms with Crippen LogP contribution in [-0.4, -0.2) is 43.3 Å². The predicted molar refractivity (Wildman–Crippen MR) is 85.7 cm³/mol. The lowest BCUT2D eigenvalue weighted by molar-refractivity contribution is 0.0707. The van der Waals surface area contributed by atoms with Crippen LogP contribution in [0.25, 0.3) is 0 Å². The van der Waals surface area contributed by atoms with Gasteiger partial charge in [0, 0.05) is 24.0 Å². The molecule has 2 rings (SSSR count). The Balaban J connectivity index is 2.25. The van der Waals surface area contributed by atoms with E-state index in [1.807, 2.05) is 11.4 Å². The van der Waals surface area contributed by atoms with E-state index < -0.39 is 0 Å². The number of carbonyl (C=O) groups is 1. The first-order valence-electron chi connectivity index (χ1n) is 6.82. The molecule has 1 aromatic carbocycles. The lowest BCUT2D eigenvalue weighted by Gasteiger charge is -2.23. The number of methoxy groups -OCH3 is 2.